The van der Waals surface area contributed by atoms with Crippen LogP contribution in [0.15, 0.2) is 5.38 Å². The maximum absolute atomic E-state index is 11.5. The van der Waals surface area contributed by atoms with Gasteiger partial charge in [-0.15, -0.1) is 11.3 Å². The van der Waals surface area contributed by atoms with E-state index in [-0.39, 0.29) is 18.5 Å². The molecular weight excluding hydrogens is 276 g/mol. The first-order valence-electron chi connectivity index (χ1n) is 6.73. The molecule has 0 aliphatic rings. The highest BCUT2D eigenvalue weighted by molar-refractivity contribution is 7.09. The van der Waals surface area contributed by atoms with Crippen LogP contribution >= 0.6 is 11.3 Å². The molecule has 0 aromatic carbocycles. The molecule has 3 N–H and O–H groups in total. The molecule has 0 radical (unpaired) electrons. The summed E-state index contributed by atoms with van der Waals surface area (Å²) in [7, 11) is 0. The zero-order chi connectivity index (χ0) is 15.0. The first kappa shape index (κ1) is 16.4. The van der Waals surface area contributed by atoms with Crippen LogP contribution in [-0.4, -0.2) is 30.0 Å². The molecule has 1 aromatic heterocycles. The molecule has 0 bridgehead atoms. The van der Waals surface area contributed by atoms with E-state index in [9.17, 15) is 9.59 Å². The van der Waals surface area contributed by atoms with Crippen molar-refractivity contribution in [2.24, 2.45) is 5.92 Å². The van der Waals surface area contributed by atoms with Gasteiger partial charge in [-0.25, -0.2) is 9.78 Å². The fourth-order valence-corrected chi connectivity index (χ4v) is 2.11. The van der Waals surface area contributed by atoms with Gasteiger partial charge in [-0.05, 0) is 12.3 Å². The lowest BCUT2D eigenvalue weighted by Gasteiger charge is -2.09. The van der Waals surface area contributed by atoms with Crippen molar-refractivity contribution in [3.8, 4) is 0 Å². The first-order valence-corrected chi connectivity index (χ1v) is 7.60. The van der Waals surface area contributed by atoms with Crippen molar-refractivity contribution in [3.63, 3.8) is 0 Å². The summed E-state index contributed by atoms with van der Waals surface area (Å²) >= 11 is 1.58. The molecule has 0 spiro atoms. The number of urea groups is 1. The number of carbonyl (C=O) groups is 2. The second kappa shape index (κ2) is 8.52. The van der Waals surface area contributed by atoms with Gasteiger partial charge in [0.2, 0.25) is 5.91 Å². The third-order valence-corrected chi connectivity index (χ3v) is 3.49. The van der Waals surface area contributed by atoms with Crippen LogP contribution in [-0.2, 0) is 17.8 Å². The Bertz CT molecular complexity index is 445. The van der Waals surface area contributed by atoms with Gasteiger partial charge in [0.15, 0.2) is 0 Å². The highest BCUT2D eigenvalue weighted by Gasteiger charge is 2.06. The number of thiazole rings is 1. The molecule has 20 heavy (non-hydrogen) atoms. The van der Waals surface area contributed by atoms with Crippen molar-refractivity contribution in [2.75, 3.05) is 13.1 Å². The summed E-state index contributed by atoms with van der Waals surface area (Å²) in [6.45, 7) is 7.03. The van der Waals surface area contributed by atoms with E-state index in [4.69, 9.17) is 0 Å². The third-order valence-electron chi connectivity index (χ3n) is 2.45. The fraction of sp³-hybridized carbons (Fsp3) is 0.615. The molecular formula is C13H22N4O2S. The lowest BCUT2D eigenvalue weighted by molar-refractivity contribution is -0.120. The number of amides is 3. The lowest BCUT2D eigenvalue weighted by atomic mass is 10.2. The number of rotatable bonds is 7. The van der Waals surface area contributed by atoms with Crippen LogP contribution in [0.4, 0.5) is 4.79 Å². The molecule has 1 rings (SSSR count). The van der Waals surface area contributed by atoms with E-state index in [1.807, 2.05) is 26.2 Å². The average Bonchev–Trinajstić information content (AvgIpc) is 2.88. The highest BCUT2D eigenvalue weighted by Crippen LogP contribution is 2.09. The van der Waals surface area contributed by atoms with E-state index in [0.29, 0.717) is 19.0 Å². The highest BCUT2D eigenvalue weighted by atomic mass is 32.1. The standard InChI is InChI=1S/C13H22N4O2S/c1-4-12-17-10(8-20-12)6-15-13(19)16-7-11(18)14-5-9(2)3/h8-9H,4-7H2,1-3H3,(H,14,18)(H2,15,16,19). The molecule has 7 heteroatoms. The topological polar surface area (TPSA) is 83.1 Å². The molecule has 0 aliphatic heterocycles. The largest absolute Gasteiger partial charge is 0.354 e. The second-order valence-corrected chi connectivity index (χ2v) is 5.76. The van der Waals surface area contributed by atoms with Crippen molar-refractivity contribution in [2.45, 2.75) is 33.7 Å². The van der Waals surface area contributed by atoms with Crippen molar-refractivity contribution >= 4 is 23.3 Å². The fourth-order valence-electron chi connectivity index (χ4n) is 1.37. The maximum atomic E-state index is 11.5. The average molecular weight is 298 g/mol. The summed E-state index contributed by atoms with van der Waals surface area (Å²) in [4.78, 5) is 27.3. The summed E-state index contributed by atoms with van der Waals surface area (Å²) in [5.41, 5.74) is 0.839. The van der Waals surface area contributed by atoms with Crippen molar-refractivity contribution in [1.29, 1.82) is 0 Å². The van der Waals surface area contributed by atoms with Gasteiger partial charge in [-0.3, -0.25) is 4.79 Å². The van der Waals surface area contributed by atoms with Crippen molar-refractivity contribution in [3.05, 3.63) is 16.1 Å². The smallest absolute Gasteiger partial charge is 0.315 e. The van der Waals surface area contributed by atoms with Gasteiger partial charge < -0.3 is 16.0 Å². The van der Waals surface area contributed by atoms with E-state index in [0.717, 1.165) is 17.1 Å². The lowest BCUT2D eigenvalue weighted by Crippen LogP contribution is -2.42. The summed E-state index contributed by atoms with van der Waals surface area (Å²) < 4.78 is 0. The van der Waals surface area contributed by atoms with Gasteiger partial charge in [-0.2, -0.15) is 0 Å². The monoisotopic (exact) mass is 298 g/mol. The number of aryl methyl sites for hydroxylation is 1. The molecule has 0 unspecified atom stereocenters. The minimum Gasteiger partial charge on any atom is -0.354 e. The summed E-state index contributed by atoms with van der Waals surface area (Å²) in [5, 5.41) is 10.9. The molecule has 112 valence electrons. The van der Waals surface area contributed by atoms with Crippen LogP contribution in [0.5, 0.6) is 0 Å². The van der Waals surface area contributed by atoms with Crippen LogP contribution in [0, 0.1) is 5.92 Å². The van der Waals surface area contributed by atoms with Gasteiger partial charge in [-0.1, -0.05) is 20.8 Å². The number of hydrogen-bond donors (Lipinski definition) is 3. The Morgan fingerprint density at radius 2 is 2.05 bits per heavy atom. The number of hydrogen-bond acceptors (Lipinski definition) is 4. The minimum atomic E-state index is -0.365. The number of carbonyl (C=O) groups excluding carboxylic acids is 2. The van der Waals surface area contributed by atoms with Crippen LogP contribution in [0.3, 0.4) is 0 Å². The molecule has 0 saturated heterocycles. The molecule has 0 atom stereocenters. The van der Waals surface area contributed by atoms with Crippen LogP contribution in [0.1, 0.15) is 31.5 Å². The van der Waals surface area contributed by atoms with Crippen molar-refractivity contribution < 1.29 is 9.59 Å². The van der Waals surface area contributed by atoms with E-state index in [1.54, 1.807) is 11.3 Å². The molecule has 0 aliphatic carbocycles. The Kier molecular flexibility index (Phi) is 7.00. The molecule has 3 amide bonds. The molecule has 0 saturated carbocycles. The Morgan fingerprint density at radius 3 is 2.65 bits per heavy atom. The van der Waals surface area contributed by atoms with E-state index in [1.165, 1.54) is 0 Å². The van der Waals surface area contributed by atoms with Gasteiger partial charge in [0.1, 0.15) is 0 Å². The molecule has 1 heterocycles. The maximum Gasteiger partial charge on any atom is 0.315 e. The van der Waals surface area contributed by atoms with Crippen LogP contribution in [0.25, 0.3) is 0 Å². The van der Waals surface area contributed by atoms with E-state index >= 15 is 0 Å². The van der Waals surface area contributed by atoms with Gasteiger partial charge >= 0.3 is 6.03 Å². The Balaban J connectivity index is 2.18. The predicted molar refractivity (Wildman–Crippen MR) is 79.6 cm³/mol. The number of aromatic nitrogens is 1. The minimum absolute atomic E-state index is 0.0180. The Morgan fingerprint density at radius 1 is 1.30 bits per heavy atom. The van der Waals surface area contributed by atoms with Crippen LogP contribution in [0.2, 0.25) is 0 Å². The zero-order valence-corrected chi connectivity index (χ0v) is 13.0. The summed E-state index contributed by atoms with van der Waals surface area (Å²) in [5.74, 6) is 0.209. The number of nitrogens with one attached hydrogen (secondary N) is 3. The van der Waals surface area contributed by atoms with E-state index < -0.39 is 0 Å². The first-order chi connectivity index (χ1) is 9.51. The number of nitrogens with zero attached hydrogens (tertiary/aromatic N) is 1. The Labute approximate surface area is 123 Å². The summed E-state index contributed by atoms with van der Waals surface area (Å²) in [6, 6.07) is -0.365. The second-order valence-electron chi connectivity index (χ2n) is 4.82. The normalized spacial score (nSPS) is 10.4. The van der Waals surface area contributed by atoms with Crippen molar-refractivity contribution in [1.82, 2.24) is 20.9 Å². The third kappa shape index (κ3) is 6.51. The van der Waals surface area contributed by atoms with Gasteiger partial charge in [0.25, 0.3) is 0 Å². The molecule has 0 fully saturated rings. The van der Waals surface area contributed by atoms with Gasteiger partial charge in [0, 0.05) is 11.9 Å². The van der Waals surface area contributed by atoms with Crippen LogP contribution < -0.4 is 16.0 Å². The summed E-state index contributed by atoms with van der Waals surface area (Å²) in [6.07, 6.45) is 0.896. The molecule has 6 nitrogen and oxygen atoms in total. The quantitative estimate of drug-likeness (QED) is 0.709. The molecule has 1 aromatic rings. The zero-order valence-electron chi connectivity index (χ0n) is 12.2. The SMILES string of the molecule is CCc1nc(CNC(=O)NCC(=O)NCC(C)C)cs1. The van der Waals surface area contributed by atoms with Gasteiger partial charge in [0.05, 0.1) is 23.8 Å². The predicted octanol–water partition coefficient (Wildman–Crippen LogP) is 1.28. The Hall–Kier alpha value is -1.63. The van der Waals surface area contributed by atoms with E-state index in [2.05, 4.69) is 20.9 Å².